The van der Waals surface area contributed by atoms with Crippen LogP contribution in [0.3, 0.4) is 0 Å². The number of ether oxygens (including phenoxy) is 1. The van der Waals surface area contributed by atoms with Gasteiger partial charge in [0.1, 0.15) is 11.9 Å². The minimum absolute atomic E-state index is 0.141. The minimum Gasteiger partial charge on any atom is -0.399 e. The second-order valence-electron chi connectivity index (χ2n) is 5.41. The molecular formula is C20H18FNO. The number of nitrogen functional groups attached to an aromatic ring is 1. The fourth-order valence-corrected chi connectivity index (χ4v) is 2.63. The van der Waals surface area contributed by atoms with Crippen LogP contribution in [0.1, 0.15) is 17.2 Å². The van der Waals surface area contributed by atoms with Crippen LogP contribution in [0.5, 0.6) is 0 Å². The normalized spacial score (nSPS) is 12.1. The minimum atomic E-state index is -0.229. The molecule has 3 aromatic carbocycles. The fraction of sp³-hybridized carbons (Fsp3) is 0.100. The van der Waals surface area contributed by atoms with Crippen molar-refractivity contribution in [1.82, 2.24) is 0 Å². The molecule has 0 aliphatic rings. The first-order valence-corrected chi connectivity index (χ1v) is 7.41. The maximum atomic E-state index is 13.0. The van der Waals surface area contributed by atoms with Crippen molar-refractivity contribution in [2.75, 3.05) is 12.8 Å². The van der Waals surface area contributed by atoms with E-state index in [2.05, 4.69) is 0 Å². The van der Waals surface area contributed by atoms with Crippen LogP contribution < -0.4 is 5.73 Å². The summed E-state index contributed by atoms with van der Waals surface area (Å²) in [6, 6.07) is 22.3. The van der Waals surface area contributed by atoms with Crippen LogP contribution in [0, 0.1) is 5.82 Å². The molecule has 1 unspecified atom stereocenters. The predicted molar refractivity (Wildman–Crippen MR) is 91.5 cm³/mol. The summed E-state index contributed by atoms with van der Waals surface area (Å²) in [5.74, 6) is -0.229. The molecule has 3 aromatic rings. The van der Waals surface area contributed by atoms with Crippen LogP contribution in [0.25, 0.3) is 11.1 Å². The summed E-state index contributed by atoms with van der Waals surface area (Å²) in [5.41, 5.74) is 10.6. The van der Waals surface area contributed by atoms with Gasteiger partial charge in [0.05, 0.1) is 0 Å². The second kappa shape index (κ2) is 6.63. The molecule has 3 heteroatoms. The molecule has 23 heavy (non-hydrogen) atoms. The average molecular weight is 307 g/mol. The molecule has 0 aromatic heterocycles. The van der Waals surface area contributed by atoms with E-state index in [1.165, 1.54) is 12.1 Å². The number of nitrogens with two attached hydrogens (primary N) is 1. The SMILES string of the molecule is COC(c1ccc(N)cc1)c1ccc(-c2ccc(F)cc2)cc1. The Kier molecular flexibility index (Phi) is 4.40. The summed E-state index contributed by atoms with van der Waals surface area (Å²) in [4.78, 5) is 0. The van der Waals surface area contributed by atoms with Gasteiger partial charge in [-0.1, -0.05) is 48.5 Å². The highest BCUT2D eigenvalue weighted by Gasteiger charge is 2.13. The zero-order valence-electron chi connectivity index (χ0n) is 12.9. The highest BCUT2D eigenvalue weighted by molar-refractivity contribution is 5.63. The van der Waals surface area contributed by atoms with Gasteiger partial charge in [-0.15, -0.1) is 0 Å². The lowest BCUT2D eigenvalue weighted by Gasteiger charge is -2.17. The standard InChI is InChI=1S/C20H18FNO/c1-23-20(17-8-12-19(22)13-9-17)16-4-2-14(3-5-16)15-6-10-18(21)11-7-15/h2-13,20H,22H2,1H3. The van der Waals surface area contributed by atoms with Crippen LogP contribution >= 0.6 is 0 Å². The molecule has 0 bridgehead atoms. The number of anilines is 1. The third kappa shape index (κ3) is 3.41. The van der Waals surface area contributed by atoms with E-state index in [0.717, 1.165) is 27.9 Å². The molecule has 0 amide bonds. The van der Waals surface area contributed by atoms with E-state index in [0.29, 0.717) is 0 Å². The molecule has 0 aliphatic heterocycles. The third-order valence-corrected chi connectivity index (χ3v) is 3.87. The fourth-order valence-electron chi connectivity index (χ4n) is 2.63. The largest absolute Gasteiger partial charge is 0.399 e. The molecule has 0 saturated carbocycles. The smallest absolute Gasteiger partial charge is 0.123 e. The molecule has 1 atom stereocenters. The van der Waals surface area contributed by atoms with Gasteiger partial charge >= 0.3 is 0 Å². The van der Waals surface area contributed by atoms with Crippen molar-refractivity contribution >= 4 is 5.69 Å². The van der Waals surface area contributed by atoms with Gasteiger partial charge in [0, 0.05) is 12.8 Å². The van der Waals surface area contributed by atoms with Gasteiger partial charge in [0.25, 0.3) is 0 Å². The van der Waals surface area contributed by atoms with Crippen molar-refractivity contribution in [3.05, 3.63) is 89.7 Å². The lowest BCUT2D eigenvalue weighted by molar-refractivity contribution is 0.136. The van der Waals surface area contributed by atoms with Crippen molar-refractivity contribution in [1.29, 1.82) is 0 Å². The van der Waals surface area contributed by atoms with E-state index in [4.69, 9.17) is 10.5 Å². The van der Waals surface area contributed by atoms with E-state index in [9.17, 15) is 4.39 Å². The predicted octanol–water partition coefficient (Wildman–Crippen LogP) is 4.81. The van der Waals surface area contributed by atoms with Crippen molar-refractivity contribution in [2.45, 2.75) is 6.10 Å². The Morgan fingerprint density at radius 1 is 0.739 bits per heavy atom. The number of hydrogen-bond acceptors (Lipinski definition) is 2. The second-order valence-corrected chi connectivity index (χ2v) is 5.41. The number of rotatable bonds is 4. The maximum Gasteiger partial charge on any atom is 0.123 e. The molecule has 116 valence electrons. The van der Waals surface area contributed by atoms with E-state index in [1.54, 1.807) is 19.2 Å². The molecule has 0 saturated heterocycles. The van der Waals surface area contributed by atoms with Gasteiger partial charge in [-0.3, -0.25) is 0 Å². The van der Waals surface area contributed by atoms with Crippen LogP contribution in [-0.2, 0) is 4.74 Å². The molecule has 2 N–H and O–H groups in total. The lowest BCUT2D eigenvalue weighted by atomic mass is 9.98. The van der Waals surface area contributed by atoms with Crippen LogP contribution in [0.15, 0.2) is 72.8 Å². The van der Waals surface area contributed by atoms with Gasteiger partial charge in [0.2, 0.25) is 0 Å². The Labute approximate surface area is 135 Å². The summed E-state index contributed by atoms with van der Waals surface area (Å²) >= 11 is 0. The quantitative estimate of drug-likeness (QED) is 0.702. The molecule has 3 rings (SSSR count). The monoisotopic (exact) mass is 307 g/mol. The first kappa shape index (κ1) is 15.3. The van der Waals surface area contributed by atoms with Crippen LogP contribution in [0.2, 0.25) is 0 Å². The van der Waals surface area contributed by atoms with Gasteiger partial charge in [-0.2, -0.15) is 0 Å². The summed E-state index contributed by atoms with van der Waals surface area (Å²) in [7, 11) is 1.69. The molecular weight excluding hydrogens is 289 g/mol. The van der Waals surface area contributed by atoms with Crippen molar-refractivity contribution in [2.24, 2.45) is 0 Å². The highest BCUT2D eigenvalue weighted by Crippen LogP contribution is 2.28. The number of halogens is 1. The lowest BCUT2D eigenvalue weighted by Crippen LogP contribution is -2.03. The van der Waals surface area contributed by atoms with E-state index < -0.39 is 0 Å². The van der Waals surface area contributed by atoms with E-state index in [1.807, 2.05) is 48.5 Å². The van der Waals surface area contributed by atoms with Gasteiger partial charge in [-0.25, -0.2) is 4.39 Å². The molecule has 0 radical (unpaired) electrons. The van der Waals surface area contributed by atoms with Crippen molar-refractivity contribution in [3.63, 3.8) is 0 Å². The van der Waals surface area contributed by atoms with E-state index >= 15 is 0 Å². The topological polar surface area (TPSA) is 35.2 Å². The zero-order chi connectivity index (χ0) is 16.2. The number of benzene rings is 3. The summed E-state index contributed by atoms with van der Waals surface area (Å²) < 4.78 is 18.6. The summed E-state index contributed by atoms with van der Waals surface area (Å²) in [6.45, 7) is 0. The molecule has 0 spiro atoms. The third-order valence-electron chi connectivity index (χ3n) is 3.87. The highest BCUT2D eigenvalue weighted by atomic mass is 19.1. The first-order chi connectivity index (χ1) is 11.2. The molecule has 2 nitrogen and oxygen atoms in total. The Morgan fingerprint density at radius 2 is 1.17 bits per heavy atom. The number of methoxy groups -OCH3 is 1. The van der Waals surface area contributed by atoms with Crippen molar-refractivity contribution < 1.29 is 9.13 Å². The maximum absolute atomic E-state index is 13.0. The Bertz CT molecular complexity index is 764. The molecule has 0 heterocycles. The first-order valence-electron chi connectivity index (χ1n) is 7.41. The van der Waals surface area contributed by atoms with Gasteiger partial charge in [0.15, 0.2) is 0 Å². The Morgan fingerprint density at radius 3 is 1.65 bits per heavy atom. The Balaban J connectivity index is 1.88. The van der Waals surface area contributed by atoms with E-state index in [-0.39, 0.29) is 11.9 Å². The summed E-state index contributed by atoms with van der Waals surface area (Å²) in [6.07, 6.45) is -0.141. The summed E-state index contributed by atoms with van der Waals surface area (Å²) in [5, 5.41) is 0. The van der Waals surface area contributed by atoms with Gasteiger partial charge < -0.3 is 10.5 Å². The molecule has 0 fully saturated rings. The Hall–Kier alpha value is -2.65. The zero-order valence-corrected chi connectivity index (χ0v) is 12.9. The molecule has 0 aliphatic carbocycles. The average Bonchev–Trinajstić information content (AvgIpc) is 2.59. The van der Waals surface area contributed by atoms with Crippen LogP contribution in [0.4, 0.5) is 10.1 Å². The van der Waals surface area contributed by atoms with Crippen LogP contribution in [-0.4, -0.2) is 7.11 Å². The van der Waals surface area contributed by atoms with Gasteiger partial charge in [-0.05, 0) is 46.5 Å². The van der Waals surface area contributed by atoms with Crippen molar-refractivity contribution in [3.8, 4) is 11.1 Å². The number of hydrogen-bond donors (Lipinski definition) is 1.